The largest absolute Gasteiger partial charge is 1.00 e. The standard InChI is InChI=1S/C16H26BNO2.C10H14BrN.C9H19BO2.C6H6BrN.2C4H8O.C4H9.Li/c1-7-18(8-2)14-11-9-10-13(12-14)17-19-15(3,4)16(5,6)20-17;1-3-12(4-2)10-7-5-6-9(11)8-10;1-7(2)10-11-8(3,4)9(5,6)12-10;7-5-2-1-3-6(8)4-5;2*1-2-4-5-3-1;1-3-4-2;/h9-12H,7-8H2,1-6H3;5-8H,3-4H2,1-2H3;7H,1-6H3;1-4H,8H2;2*1-4H2;1,3-4H2,2H3;/q;;;;;;-1;+1. The molecule has 4 fully saturated rings. The molecule has 14 heteroatoms. The summed E-state index contributed by atoms with van der Waals surface area (Å²) >= 11 is 6.74. The van der Waals surface area contributed by atoms with Crippen molar-refractivity contribution in [2.24, 2.45) is 0 Å². The van der Waals surface area contributed by atoms with Crippen LogP contribution in [0.1, 0.15) is 142 Å². The second-order valence-corrected chi connectivity index (χ2v) is 20.8. The fourth-order valence-electron chi connectivity index (χ4n) is 6.39. The van der Waals surface area contributed by atoms with Crippen LogP contribution in [0.2, 0.25) is 5.82 Å². The molecule has 4 aliphatic heterocycles. The summed E-state index contributed by atoms with van der Waals surface area (Å²) < 4.78 is 35.9. The Kier molecular flexibility index (Phi) is 33.2. The Labute approximate surface area is 440 Å². The van der Waals surface area contributed by atoms with Crippen LogP contribution in [-0.2, 0) is 28.1 Å². The molecule has 374 valence electrons. The van der Waals surface area contributed by atoms with Gasteiger partial charge in [-0.2, -0.15) is 6.42 Å². The van der Waals surface area contributed by atoms with E-state index in [1.54, 1.807) is 0 Å². The van der Waals surface area contributed by atoms with Gasteiger partial charge in [0, 0.05) is 78.6 Å². The van der Waals surface area contributed by atoms with Crippen molar-refractivity contribution in [1.82, 2.24) is 0 Å². The molecule has 4 heterocycles. The molecule has 0 aliphatic carbocycles. The van der Waals surface area contributed by atoms with Gasteiger partial charge in [-0.25, -0.2) is 0 Å². The molecule has 4 aliphatic rings. The fourth-order valence-corrected chi connectivity index (χ4v) is 7.19. The maximum Gasteiger partial charge on any atom is 1.00 e. The van der Waals surface area contributed by atoms with E-state index in [-0.39, 0.29) is 55.5 Å². The molecule has 3 aromatic rings. The third-order valence-corrected chi connectivity index (χ3v) is 13.1. The second-order valence-electron chi connectivity index (χ2n) is 18.9. The number of unbranched alkanes of at least 4 members (excludes halogenated alkanes) is 1. The van der Waals surface area contributed by atoms with Gasteiger partial charge in [0.15, 0.2) is 0 Å². The van der Waals surface area contributed by atoms with Gasteiger partial charge >= 0.3 is 33.1 Å². The smallest absolute Gasteiger partial charge is 0.403 e. The van der Waals surface area contributed by atoms with Crippen molar-refractivity contribution in [3.05, 3.63) is 88.7 Å². The van der Waals surface area contributed by atoms with Gasteiger partial charge in [0.25, 0.3) is 0 Å². The van der Waals surface area contributed by atoms with Crippen LogP contribution in [0.3, 0.4) is 0 Å². The van der Waals surface area contributed by atoms with Gasteiger partial charge in [0.2, 0.25) is 0 Å². The van der Waals surface area contributed by atoms with E-state index < -0.39 is 0 Å². The summed E-state index contributed by atoms with van der Waals surface area (Å²) in [6.07, 6.45) is 7.39. The molecule has 7 rings (SSSR count). The Balaban J connectivity index is 0.000000810. The van der Waals surface area contributed by atoms with E-state index in [0.717, 1.165) is 79.1 Å². The molecule has 3 aromatic carbocycles. The van der Waals surface area contributed by atoms with Gasteiger partial charge in [-0.05, 0) is 169 Å². The van der Waals surface area contributed by atoms with Crippen LogP contribution in [0.15, 0.2) is 81.7 Å². The summed E-state index contributed by atoms with van der Waals surface area (Å²) in [5.41, 5.74) is 8.89. The van der Waals surface area contributed by atoms with Gasteiger partial charge in [0.1, 0.15) is 0 Å². The zero-order valence-corrected chi connectivity index (χ0v) is 48.1. The van der Waals surface area contributed by atoms with Gasteiger partial charge < -0.3 is 50.5 Å². The number of nitrogens with zero attached hydrogens (tertiary/aromatic N) is 2. The number of benzene rings is 3. The minimum absolute atomic E-state index is 0. The maximum atomic E-state index is 6.11. The van der Waals surface area contributed by atoms with Gasteiger partial charge in [-0.15, -0.1) is 0 Å². The molecular formula is C53H90B2Br2LiN3O6. The van der Waals surface area contributed by atoms with Crippen LogP contribution < -0.4 is 39.9 Å². The molecule has 0 atom stereocenters. The molecule has 0 unspecified atom stereocenters. The summed E-state index contributed by atoms with van der Waals surface area (Å²) in [7, 11) is -0.328. The minimum atomic E-state index is -0.289. The van der Waals surface area contributed by atoms with Gasteiger partial charge in [0.05, 0.1) is 22.4 Å². The van der Waals surface area contributed by atoms with Crippen molar-refractivity contribution in [3.8, 4) is 0 Å². The summed E-state index contributed by atoms with van der Waals surface area (Å²) in [4.78, 5) is 4.65. The van der Waals surface area contributed by atoms with Crippen molar-refractivity contribution in [3.63, 3.8) is 0 Å². The minimum Gasteiger partial charge on any atom is -0.403 e. The molecule has 0 saturated carbocycles. The van der Waals surface area contributed by atoms with Crippen molar-refractivity contribution in [1.29, 1.82) is 0 Å². The number of ether oxygens (including phenoxy) is 2. The Morgan fingerprint density at radius 3 is 1.22 bits per heavy atom. The maximum absolute atomic E-state index is 6.11. The van der Waals surface area contributed by atoms with Crippen LogP contribution in [0.5, 0.6) is 0 Å². The van der Waals surface area contributed by atoms with Gasteiger partial charge in [-0.1, -0.05) is 83.3 Å². The first kappa shape index (κ1) is 65.5. The summed E-state index contributed by atoms with van der Waals surface area (Å²) in [5.74, 6) is 0.422. The van der Waals surface area contributed by atoms with E-state index in [1.807, 2.05) is 30.3 Å². The molecule has 0 aromatic heterocycles. The Hall–Kier alpha value is -1.49. The third kappa shape index (κ3) is 24.5. The summed E-state index contributed by atoms with van der Waals surface area (Å²) in [6, 6.07) is 24.4. The number of hydrogen-bond donors (Lipinski definition) is 1. The van der Waals surface area contributed by atoms with E-state index in [9.17, 15) is 0 Å². The molecule has 0 amide bonds. The molecule has 67 heavy (non-hydrogen) atoms. The number of nitrogens with two attached hydrogens (primary N) is 1. The van der Waals surface area contributed by atoms with Crippen LogP contribution >= 0.6 is 31.9 Å². The Bertz CT molecular complexity index is 1650. The van der Waals surface area contributed by atoms with E-state index in [1.165, 1.54) is 43.5 Å². The first-order valence-corrected chi connectivity index (χ1v) is 26.2. The first-order chi connectivity index (χ1) is 31.0. The number of rotatable bonds is 9. The molecule has 9 nitrogen and oxygen atoms in total. The summed E-state index contributed by atoms with van der Waals surface area (Å²) in [6.45, 7) is 43.4. The second kappa shape index (κ2) is 34.0. The number of anilines is 3. The van der Waals surface area contributed by atoms with E-state index in [0.29, 0.717) is 5.82 Å². The van der Waals surface area contributed by atoms with Crippen LogP contribution in [0.4, 0.5) is 17.1 Å². The molecule has 0 bridgehead atoms. The number of halogens is 2. The molecule has 0 radical (unpaired) electrons. The Morgan fingerprint density at radius 2 is 0.940 bits per heavy atom. The van der Waals surface area contributed by atoms with Crippen molar-refractivity contribution >= 4 is 68.6 Å². The predicted octanol–water partition coefficient (Wildman–Crippen LogP) is 10.9. The third-order valence-electron chi connectivity index (χ3n) is 12.1. The average Bonchev–Trinajstić information content (AvgIpc) is 4.11. The molecule has 2 N–H and O–H groups in total. The molecular weight excluding hydrogens is 963 g/mol. The number of nitrogen functional groups attached to an aromatic ring is 1. The van der Waals surface area contributed by atoms with Gasteiger partial charge in [-0.3, -0.25) is 0 Å². The Morgan fingerprint density at radius 1 is 0.582 bits per heavy atom. The fraction of sp³-hybridized carbons (Fsp3) is 0.642. The first-order valence-electron chi connectivity index (χ1n) is 24.6. The monoisotopic (exact) mass is 1050 g/mol. The normalized spacial score (nSPS) is 17.7. The molecule has 4 saturated heterocycles. The quantitative estimate of drug-likeness (QED) is 0.128. The van der Waals surface area contributed by atoms with Crippen LogP contribution in [0.25, 0.3) is 0 Å². The van der Waals surface area contributed by atoms with Crippen LogP contribution in [-0.4, -0.2) is 89.2 Å². The average molecular weight is 1050 g/mol. The SMILES string of the molecule is C1CCOC1.C1CCOC1.CC(C)B1OC(C)(C)C(C)(C)O1.CCN(CC)c1cccc(B2OC(C)(C)C(C)(C)O2)c1.CCN(CC)c1cccc(Br)c1.Nc1cccc(Br)c1.[CH2-]CCC.[Li+]. The van der Waals surface area contributed by atoms with E-state index in [2.05, 4.69) is 195 Å². The van der Waals surface area contributed by atoms with Crippen LogP contribution in [0, 0.1) is 6.92 Å². The topological polar surface area (TPSA) is 87.9 Å². The zero-order chi connectivity index (χ0) is 50.0. The summed E-state index contributed by atoms with van der Waals surface area (Å²) in [5, 5.41) is 0. The molecule has 0 spiro atoms. The van der Waals surface area contributed by atoms with Crippen molar-refractivity contribution in [2.75, 3.05) is 68.1 Å². The zero-order valence-electron chi connectivity index (χ0n) is 44.9. The van der Waals surface area contributed by atoms with Crippen molar-refractivity contribution < 1.29 is 47.0 Å². The number of hydrogen-bond acceptors (Lipinski definition) is 9. The van der Waals surface area contributed by atoms with E-state index >= 15 is 0 Å². The van der Waals surface area contributed by atoms with E-state index in [4.69, 9.17) is 33.8 Å². The predicted molar refractivity (Wildman–Crippen MR) is 294 cm³/mol. The van der Waals surface area contributed by atoms with Crippen molar-refractivity contribution in [2.45, 2.75) is 171 Å².